The average molecular weight is 256 g/mol. The molecule has 0 fully saturated rings. The Kier molecular flexibility index (Phi) is 2.41. The molecule has 0 spiro atoms. The number of pyridine rings is 1. The number of hydrogen-bond donors (Lipinski definition) is 2. The molecule has 2 rings (SSSR count). The van der Waals surface area contributed by atoms with Crippen molar-refractivity contribution in [2.45, 2.75) is 19.4 Å². The van der Waals surface area contributed by atoms with Crippen LogP contribution in [0.1, 0.15) is 13.3 Å². The molecular weight excluding hydrogens is 246 g/mol. The van der Waals surface area contributed by atoms with Crippen LogP contribution in [0, 0.1) is 0 Å². The van der Waals surface area contributed by atoms with Crippen molar-refractivity contribution in [2.75, 3.05) is 10.6 Å². The molecule has 0 bridgehead atoms. The Balaban J connectivity index is 2.41. The maximum atomic E-state index is 11.4. The van der Waals surface area contributed by atoms with Gasteiger partial charge in [0.1, 0.15) is 5.82 Å². The highest BCUT2D eigenvalue weighted by Gasteiger charge is 2.18. The summed E-state index contributed by atoms with van der Waals surface area (Å²) < 4.78 is 0.855. The Morgan fingerprint density at radius 1 is 1.64 bits per heavy atom. The van der Waals surface area contributed by atoms with Gasteiger partial charge in [-0.05, 0) is 28.9 Å². The molecular formula is C9H10BrN3O. The van der Waals surface area contributed by atoms with Gasteiger partial charge in [0, 0.05) is 23.1 Å². The molecule has 1 aromatic rings. The number of amides is 1. The van der Waals surface area contributed by atoms with Crippen LogP contribution >= 0.6 is 15.9 Å². The van der Waals surface area contributed by atoms with Gasteiger partial charge in [-0.2, -0.15) is 0 Å². The fourth-order valence-corrected chi connectivity index (χ4v) is 1.74. The zero-order valence-electron chi connectivity index (χ0n) is 7.67. The highest BCUT2D eigenvalue weighted by atomic mass is 79.9. The van der Waals surface area contributed by atoms with Gasteiger partial charge in [0.25, 0.3) is 0 Å². The second-order valence-corrected chi connectivity index (χ2v) is 4.26. The van der Waals surface area contributed by atoms with Crippen LogP contribution in [-0.2, 0) is 4.79 Å². The molecule has 0 saturated heterocycles. The second-order valence-electron chi connectivity index (χ2n) is 3.35. The van der Waals surface area contributed by atoms with E-state index in [4.69, 9.17) is 0 Å². The molecule has 74 valence electrons. The van der Waals surface area contributed by atoms with E-state index < -0.39 is 0 Å². The third-order valence-corrected chi connectivity index (χ3v) is 2.44. The average Bonchev–Trinajstić information content (AvgIpc) is 2.21. The number of anilines is 2. The summed E-state index contributed by atoms with van der Waals surface area (Å²) in [6, 6.07) is 1.95. The Morgan fingerprint density at radius 2 is 2.43 bits per heavy atom. The Hall–Kier alpha value is -1.10. The first-order valence-corrected chi connectivity index (χ1v) is 5.16. The molecule has 0 saturated carbocycles. The van der Waals surface area contributed by atoms with E-state index in [-0.39, 0.29) is 11.9 Å². The van der Waals surface area contributed by atoms with Crippen molar-refractivity contribution in [2.24, 2.45) is 0 Å². The topological polar surface area (TPSA) is 54.0 Å². The summed E-state index contributed by atoms with van der Waals surface area (Å²) in [7, 11) is 0. The van der Waals surface area contributed by atoms with Crippen LogP contribution in [0.15, 0.2) is 16.7 Å². The van der Waals surface area contributed by atoms with E-state index in [9.17, 15) is 4.79 Å². The third-order valence-electron chi connectivity index (χ3n) is 2.00. The van der Waals surface area contributed by atoms with Gasteiger partial charge >= 0.3 is 0 Å². The Bertz CT molecular complexity index is 380. The predicted octanol–water partition coefficient (Wildman–Crippen LogP) is 1.99. The number of hydrogen-bond acceptors (Lipinski definition) is 3. The second kappa shape index (κ2) is 3.57. The normalized spacial score (nSPS) is 20.4. The Morgan fingerprint density at radius 3 is 3.21 bits per heavy atom. The number of rotatable bonds is 0. The van der Waals surface area contributed by atoms with E-state index in [0.29, 0.717) is 6.42 Å². The monoisotopic (exact) mass is 255 g/mol. The molecule has 4 nitrogen and oxygen atoms in total. The fraction of sp³-hybridized carbons (Fsp3) is 0.333. The molecule has 1 aliphatic rings. The van der Waals surface area contributed by atoms with E-state index >= 15 is 0 Å². The number of carbonyl (C=O) groups excluding carboxylic acids is 1. The number of halogens is 1. The zero-order valence-corrected chi connectivity index (χ0v) is 9.26. The van der Waals surface area contributed by atoms with Crippen LogP contribution in [0.4, 0.5) is 11.5 Å². The first-order chi connectivity index (χ1) is 6.65. The van der Waals surface area contributed by atoms with Crippen LogP contribution in [0.25, 0.3) is 0 Å². The van der Waals surface area contributed by atoms with Crippen molar-refractivity contribution in [1.82, 2.24) is 4.98 Å². The van der Waals surface area contributed by atoms with Crippen molar-refractivity contribution >= 4 is 33.3 Å². The van der Waals surface area contributed by atoms with Crippen LogP contribution in [-0.4, -0.2) is 16.9 Å². The van der Waals surface area contributed by atoms with Gasteiger partial charge in [-0.1, -0.05) is 0 Å². The Labute approximate surface area is 90.2 Å². The minimum atomic E-state index is 0.0173. The van der Waals surface area contributed by atoms with Crippen LogP contribution < -0.4 is 10.6 Å². The smallest absolute Gasteiger partial charge is 0.226 e. The molecule has 2 N–H and O–H groups in total. The maximum absolute atomic E-state index is 11.4. The van der Waals surface area contributed by atoms with Crippen LogP contribution in [0.3, 0.4) is 0 Å². The van der Waals surface area contributed by atoms with Crippen molar-refractivity contribution < 1.29 is 4.79 Å². The molecule has 0 aliphatic carbocycles. The molecule has 1 amide bonds. The highest BCUT2D eigenvalue weighted by molar-refractivity contribution is 9.10. The molecule has 0 radical (unpaired) electrons. The molecule has 0 aromatic carbocycles. The molecule has 5 heteroatoms. The SMILES string of the molecule is C[C@H]1CC(=O)Nc2cc(Br)cnc2N1. The lowest BCUT2D eigenvalue weighted by molar-refractivity contribution is -0.116. The summed E-state index contributed by atoms with van der Waals surface area (Å²) in [6.45, 7) is 1.96. The quantitative estimate of drug-likeness (QED) is 0.746. The van der Waals surface area contributed by atoms with Gasteiger partial charge in [0.05, 0.1) is 5.69 Å². The van der Waals surface area contributed by atoms with Crippen LogP contribution in [0.2, 0.25) is 0 Å². The van der Waals surface area contributed by atoms with Gasteiger partial charge < -0.3 is 10.6 Å². The standard InChI is InChI=1S/C9H10BrN3O/c1-5-2-8(14)13-7-3-6(10)4-11-9(7)12-5/h3-5H,2H2,1H3,(H,11,12)(H,13,14)/t5-/m0/s1. The van der Waals surface area contributed by atoms with E-state index in [2.05, 4.69) is 31.5 Å². The molecule has 0 unspecified atom stereocenters. The van der Waals surface area contributed by atoms with Crippen molar-refractivity contribution in [3.63, 3.8) is 0 Å². The third kappa shape index (κ3) is 1.87. The van der Waals surface area contributed by atoms with Gasteiger partial charge in [0.15, 0.2) is 0 Å². The number of nitrogens with one attached hydrogen (secondary N) is 2. The highest BCUT2D eigenvalue weighted by Crippen LogP contribution is 2.26. The first-order valence-electron chi connectivity index (χ1n) is 4.37. The fourth-order valence-electron chi connectivity index (χ4n) is 1.41. The molecule has 2 heterocycles. The van der Waals surface area contributed by atoms with Gasteiger partial charge in [-0.3, -0.25) is 4.79 Å². The summed E-state index contributed by atoms with van der Waals surface area (Å²) in [5, 5.41) is 5.96. The van der Waals surface area contributed by atoms with Gasteiger partial charge in [0.2, 0.25) is 5.91 Å². The molecule has 1 aliphatic heterocycles. The maximum Gasteiger partial charge on any atom is 0.226 e. The molecule has 1 aromatic heterocycles. The molecule has 1 atom stereocenters. The van der Waals surface area contributed by atoms with Crippen LogP contribution in [0.5, 0.6) is 0 Å². The lowest BCUT2D eigenvalue weighted by Gasteiger charge is -2.09. The number of aromatic nitrogens is 1. The van der Waals surface area contributed by atoms with Gasteiger partial charge in [-0.15, -0.1) is 0 Å². The summed E-state index contributed by atoms with van der Waals surface area (Å²) in [5.41, 5.74) is 0.730. The first kappa shape index (κ1) is 9.45. The zero-order chi connectivity index (χ0) is 10.1. The molecule has 14 heavy (non-hydrogen) atoms. The van der Waals surface area contributed by atoms with E-state index in [1.165, 1.54) is 0 Å². The summed E-state index contributed by atoms with van der Waals surface area (Å²) in [4.78, 5) is 15.6. The minimum absolute atomic E-state index is 0.0173. The minimum Gasteiger partial charge on any atom is -0.365 e. The van der Waals surface area contributed by atoms with Gasteiger partial charge in [-0.25, -0.2) is 4.98 Å². The summed E-state index contributed by atoms with van der Waals surface area (Å²) in [5.74, 6) is 0.746. The van der Waals surface area contributed by atoms with Crippen molar-refractivity contribution in [1.29, 1.82) is 0 Å². The largest absolute Gasteiger partial charge is 0.365 e. The van der Waals surface area contributed by atoms with E-state index in [1.54, 1.807) is 6.20 Å². The lowest BCUT2D eigenvalue weighted by atomic mass is 10.2. The predicted molar refractivity (Wildman–Crippen MR) is 58.3 cm³/mol. The number of fused-ring (bicyclic) bond motifs is 1. The summed E-state index contributed by atoms with van der Waals surface area (Å²) in [6.07, 6.45) is 2.17. The van der Waals surface area contributed by atoms with E-state index in [0.717, 1.165) is 16.0 Å². The van der Waals surface area contributed by atoms with E-state index in [1.807, 2.05) is 13.0 Å². The van der Waals surface area contributed by atoms with Crippen molar-refractivity contribution in [3.8, 4) is 0 Å². The van der Waals surface area contributed by atoms with Crippen molar-refractivity contribution in [3.05, 3.63) is 16.7 Å². The number of nitrogens with zero attached hydrogens (tertiary/aromatic N) is 1. The lowest BCUT2D eigenvalue weighted by Crippen LogP contribution is -2.19. The number of carbonyl (C=O) groups is 1. The summed E-state index contributed by atoms with van der Waals surface area (Å²) >= 11 is 3.31.